The lowest BCUT2D eigenvalue weighted by molar-refractivity contribution is 0.574. The lowest BCUT2D eigenvalue weighted by atomic mass is 10.0. The minimum absolute atomic E-state index is 0.194. The molecular formula is C12H19Cl2N3S. The Bertz CT molecular complexity index is 400. The van der Waals surface area contributed by atoms with E-state index in [4.69, 9.17) is 28.9 Å². The molecule has 0 unspecified atom stereocenters. The summed E-state index contributed by atoms with van der Waals surface area (Å²) in [5.74, 6) is 0.894. The molecular weight excluding hydrogens is 289 g/mol. The van der Waals surface area contributed by atoms with Gasteiger partial charge in [0, 0.05) is 11.3 Å². The predicted molar refractivity (Wildman–Crippen MR) is 84.0 cm³/mol. The van der Waals surface area contributed by atoms with Crippen molar-refractivity contribution in [3.05, 3.63) is 16.1 Å². The van der Waals surface area contributed by atoms with Crippen LogP contribution in [0.1, 0.15) is 26.7 Å². The molecule has 6 heteroatoms. The number of hydrogen-bond acceptors (Lipinski definition) is 4. The van der Waals surface area contributed by atoms with E-state index in [1.165, 1.54) is 0 Å². The standard InChI is InChI=1S/C12H19Cl2N3S/c1-4-12(5-2,18-3)7-16-11-9(14)6-8(13)10(15)17-11/h6H,4-5,7H2,1-3H3,(H3,15,16,17). The summed E-state index contributed by atoms with van der Waals surface area (Å²) in [7, 11) is 0. The Hall–Kier alpha value is -0.320. The summed E-state index contributed by atoms with van der Waals surface area (Å²) in [6.07, 6.45) is 4.29. The number of nitrogens with one attached hydrogen (secondary N) is 1. The summed E-state index contributed by atoms with van der Waals surface area (Å²) in [6, 6.07) is 1.62. The van der Waals surface area contributed by atoms with E-state index >= 15 is 0 Å². The van der Waals surface area contributed by atoms with Crippen LogP contribution in [0.25, 0.3) is 0 Å². The number of halogens is 2. The number of nitrogens with zero attached hydrogens (tertiary/aromatic N) is 1. The van der Waals surface area contributed by atoms with E-state index in [2.05, 4.69) is 30.4 Å². The van der Waals surface area contributed by atoms with Crippen molar-refractivity contribution in [1.29, 1.82) is 0 Å². The van der Waals surface area contributed by atoms with E-state index in [0.29, 0.717) is 21.7 Å². The van der Waals surface area contributed by atoms with Crippen molar-refractivity contribution < 1.29 is 0 Å². The maximum Gasteiger partial charge on any atom is 0.147 e. The van der Waals surface area contributed by atoms with Crippen molar-refractivity contribution in [2.45, 2.75) is 31.4 Å². The van der Waals surface area contributed by atoms with Crippen LogP contribution in [0.15, 0.2) is 6.07 Å². The van der Waals surface area contributed by atoms with Crippen molar-refractivity contribution in [3.8, 4) is 0 Å². The Morgan fingerprint density at radius 2 is 1.94 bits per heavy atom. The van der Waals surface area contributed by atoms with Gasteiger partial charge in [-0.05, 0) is 25.2 Å². The van der Waals surface area contributed by atoms with Crippen LogP contribution >= 0.6 is 35.0 Å². The lowest BCUT2D eigenvalue weighted by Crippen LogP contribution is -2.32. The minimum Gasteiger partial charge on any atom is -0.382 e. The fourth-order valence-corrected chi connectivity index (χ4v) is 2.93. The first-order valence-corrected chi connectivity index (χ1v) is 7.86. The molecule has 0 spiro atoms. The zero-order valence-electron chi connectivity index (χ0n) is 10.9. The number of anilines is 2. The van der Waals surface area contributed by atoms with Crippen LogP contribution in [0, 0.1) is 0 Å². The molecule has 0 atom stereocenters. The third-order valence-corrected chi connectivity index (χ3v) is 5.43. The Morgan fingerprint density at radius 3 is 2.44 bits per heavy atom. The summed E-state index contributed by atoms with van der Waals surface area (Å²) in [5.41, 5.74) is 5.68. The summed E-state index contributed by atoms with van der Waals surface area (Å²) < 4.78 is 0.194. The topological polar surface area (TPSA) is 50.9 Å². The van der Waals surface area contributed by atoms with Gasteiger partial charge in [-0.25, -0.2) is 4.98 Å². The molecule has 1 aromatic rings. The molecule has 0 aliphatic rings. The molecule has 102 valence electrons. The highest BCUT2D eigenvalue weighted by atomic mass is 35.5. The molecule has 0 saturated heterocycles. The van der Waals surface area contributed by atoms with E-state index in [1.54, 1.807) is 6.07 Å². The fraction of sp³-hybridized carbons (Fsp3) is 0.583. The molecule has 0 radical (unpaired) electrons. The molecule has 0 aliphatic carbocycles. The molecule has 0 aliphatic heterocycles. The highest BCUT2D eigenvalue weighted by Gasteiger charge is 2.25. The summed E-state index contributed by atoms with van der Waals surface area (Å²) in [5, 5.41) is 4.15. The largest absolute Gasteiger partial charge is 0.382 e. The Morgan fingerprint density at radius 1 is 1.33 bits per heavy atom. The van der Waals surface area contributed by atoms with Crippen LogP contribution < -0.4 is 11.1 Å². The van der Waals surface area contributed by atoms with Crippen LogP contribution in [0.5, 0.6) is 0 Å². The van der Waals surface area contributed by atoms with E-state index < -0.39 is 0 Å². The van der Waals surface area contributed by atoms with Crippen molar-refractivity contribution in [2.75, 3.05) is 23.9 Å². The molecule has 0 saturated carbocycles. The van der Waals surface area contributed by atoms with E-state index in [-0.39, 0.29) is 4.75 Å². The smallest absolute Gasteiger partial charge is 0.147 e. The molecule has 0 fully saturated rings. The third-order valence-electron chi connectivity index (χ3n) is 3.26. The van der Waals surface area contributed by atoms with Gasteiger partial charge in [0.1, 0.15) is 11.6 Å². The Kier molecular flexibility index (Phi) is 5.89. The van der Waals surface area contributed by atoms with Crippen LogP contribution in [-0.2, 0) is 0 Å². The Labute approximate surface area is 123 Å². The normalized spacial score (nSPS) is 11.6. The molecule has 18 heavy (non-hydrogen) atoms. The molecule has 3 nitrogen and oxygen atoms in total. The summed E-state index contributed by atoms with van der Waals surface area (Å²) in [4.78, 5) is 4.17. The zero-order chi connectivity index (χ0) is 13.8. The number of aromatic nitrogens is 1. The average molecular weight is 308 g/mol. The summed E-state index contributed by atoms with van der Waals surface area (Å²) >= 11 is 13.8. The van der Waals surface area contributed by atoms with Gasteiger partial charge in [0.15, 0.2) is 0 Å². The van der Waals surface area contributed by atoms with Gasteiger partial charge >= 0.3 is 0 Å². The lowest BCUT2D eigenvalue weighted by Gasteiger charge is -2.30. The van der Waals surface area contributed by atoms with Crippen LogP contribution in [-0.4, -0.2) is 22.5 Å². The molecule has 3 N–H and O–H groups in total. The van der Waals surface area contributed by atoms with Gasteiger partial charge in [-0.3, -0.25) is 0 Å². The van der Waals surface area contributed by atoms with Crippen LogP contribution in [0.4, 0.5) is 11.6 Å². The second kappa shape index (κ2) is 6.73. The highest BCUT2D eigenvalue weighted by molar-refractivity contribution is 8.00. The van der Waals surface area contributed by atoms with Gasteiger partial charge in [0.2, 0.25) is 0 Å². The number of nitrogens with two attached hydrogens (primary N) is 1. The first-order valence-electron chi connectivity index (χ1n) is 5.88. The second-order valence-corrected chi connectivity index (χ2v) is 6.22. The first kappa shape index (κ1) is 15.7. The number of hydrogen-bond donors (Lipinski definition) is 2. The quantitative estimate of drug-likeness (QED) is 0.822. The molecule has 1 heterocycles. The maximum atomic E-state index is 6.09. The van der Waals surface area contributed by atoms with Gasteiger partial charge in [-0.2, -0.15) is 11.8 Å². The monoisotopic (exact) mass is 307 g/mol. The fourth-order valence-electron chi connectivity index (χ4n) is 1.71. The van der Waals surface area contributed by atoms with Crippen LogP contribution in [0.3, 0.4) is 0 Å². The van der Waals surface area contributed by atoms with Crippen LogP contribution in [0.2, 0.25) is 10.0 Å². The SMILES string of the molecule is CCC(CC)(CNc1nc(N)c(Cl)cc1Cl)SC. The molecule has 0 aromatic carbocycles. The number of pyridine rings is 1. The third kappa shape index (κ3) is 3.59. The maximum absolute atomic E-state index is 6.09. The minimum atomic E-state index is 0.194. The highest BCUT2D eigenvalue weighted by Crippen LogP contribution is 2.32. The van der Waals surface area contributed by atoms with Gasteiger partial charge in [-0.1, -0.05) is 37.0 Å². The van der Waals surface area contributed by atoms with Gasteiger partial charge in [0.05, 0.1) is 10.0 Å². The van der Waals surface area contributed by atoms with Crippen molar-refractivity contribution >= 4 is 46.6 Å². The second-order valence-electron chi connectivity index (χ2n) is 4.13. The first-order chi connectivity index (χ1) is 8.48. The molecule has 1 rings (SSSR count). The Balaban J connectivity index is 2.83. The predicted octanol–water partition coefficient (Wildman–Crippen LogP) is 4.30. The number of thioether (sulfide) groups is 1. The van der Waals surface area contributed by atoms with Crippen molar-refractivity contribution in [1.82, 2.24) is 4.98 Å². The van der Waals surface area contributed by atoms with E-state index in [0.717, 1.165) is 19.4 Å². The number of rotatable bonds is 6. The van der Waals surface area contributed by atoms with Crippen molar-refractivity contribution in [2.24, 2.45) is 0 Å². The molecule has 1 aromatic heterocycles. The number of nitrogen functional groups attached to an aromatic ring is 1. The van der Waals surface area contributed by atoms with Gasteiger partial charge in [-0.15, -0.1) is 0 Å². The average Bonchev–Trinajstić information content (AvgIpc) is 2.37. The van der Waals surface area contributed by atoms with Gasteiger partial charge < -0.3 is 11.1 Å². The molecule has 0 bridgehead atoms. The van der Waals surface area contributed by atoms with Gasteiger partial charge in [0.25, 0.3) is 0 Å². The summed E-state index contributed by atoms with van der Waals surface area (Å²) in [6.45, 7) is 5.18. The van der Waals surface area contributed by atoms with E-state index in [1.807, 2.05) is 11.8 Å². The van der Waals surface area contributed by atoms with Crippen molar-refractivity contribution in [3.63, 3.8) is 0 Å². The molecule has 0 amide bonds. The zero-order valence-corrected chi connectivity index (χ0v) is 13.2. The van der Waals surface area contributed by atoms with E-state index in [9.17, 15) is 0 Å².